The topological polar surface area (TPSA) is 109 Å². The largest absolute Gasteiger partial charge is 0.494 e. The highest BCUT2D eigenvalue weighted by atomic mass is 32.2. The van der Waals surface area contributed by atoms with Crippen molar-refractivity contribution in [1.82, 2.24) is 10.3 Å². The highest BCUT2D eigenvalue weighted by molar-refractivity contribution is 8.00. The maximum absolute atomic E-state index is 13.3. The standard InChI is InChI=1S/C32H30N4O4S/c1-3-40-27-13-9-23(10-14-27)21-29(36-31(38)24-7-5-4-6-8-24)32(39)35-25-11-15-28(16-12-25)41-22(2)30(37)34-26-17-19-33-20-18-26/h4-22H,3H2,1-2H3,(H,35,39)(H,36,38)(H,33,34,37)/b29-21-. The van der Waals surface area contributed by atoms with E-state index in [0.29, 0.717) is 29.3 Å². The van der Waals surface area contributed by atoms with Gasteiger partial charge < -0.3 is 20.7 Å². The Morgan fingerprint density at radius 1 is 0.854 bits per heavy atom. The molecule has 0 saturated heterocycles. The van der Waals surface area contributed by atoms with E-state index in [1.165, 1.54) is 11.8 Å². The van der Waals surface area contributed by atoms with Gasteiger partial charge in [0.2, 0.25) is 5.91 Å². The first-order chi connectivity index (χ1) is 19.9. The second kappa shape index (κ2) is 14.5. The molecule has 0 radical (unpaired) electrons. The van der Waals surface area contributed by atoms with Crippen molar-refractivity contribution in [2.24, 2.45) is 0 Å². The first kappa shape index (κ1) is 29.1. The number of amides is 3. The van der Waals surface area contributed by atoms with Crippen LogP contribution in [0.1, 0.15) is 29.8 Å². The fraction of sp³-hybridized carbons (Fsp3) is 0.125. The molecule has 0 bridgehead atoms. The monoisotopic (exact) mass is 566 g/mol. The van der Waals surface area contributed by atoms with Crippen LogP contribution in [0.15, 0.2) is 114 Å². The number of anilines is 2. The predicted molar refractivity (Wildman–Crippen MR) is 163 cm³/mol. The molecule has 1 aromatic heterocycles. The van der Waals surface area contributed by atoms with Gasteiger partial charge in [-0.3, -0.25) is 19.4 Å². The van der Waals surface area contributed by atoms with E-state index in [4.69, 9.17) is 4.74 Å². The van der Waals surface area contributed by atoms with Crippen molar-refractivity contribution in [3.05, 3.63) is 120 Å². The molecule has 3 N–H and O–H groups in total. The molecule has 1 atom stereocenters. The van der Waals surface area contributed by atoms with Crippen LogP contribution in [0.5, 0.6) is 5.75 Å². The number of carbonyl (C=O) groups excluding carboxylic acids is 3. The van der Waals surface area contributed by atoms with E-state index in [-0.39, 0.29) is 16.9 Å². The fourth-order valence-electron chi connectivity index (χ4n) is 3.69. The van der Waals surface area contributed by atoms with Crippen LogP contribution >= 0.6 is 11.8 Å². The lowest BCUT2D eigenvalue weighted by Gasteiger charge is -2.13. The van der Waals surface area contributed by atoms with E-state index in [2.05, 4.69) is 20.9 Å². The average molecular weight is 567 g/mol. The second-order valence-corrected chi connectivity index (χ2v) is 10.3. The zero-order valence-electron chi connectivity index (χ0n) is 22.7. The number of pyridine rings is 1. The Hall–Kier alpha value is -4.89. The molecule has 0 aliphatic heterocycles. The summed E-state index contributed by atoms with van der Waals surface area (Å²) in [6.07, 6.45) is 4.85. The van der Waals surface area contributed by atoms with Crippen molar-refractivity contribution in [2.45, 2.75) is 24.0 Å². The van der Waals surface area contributed by atoms with Crippen molar-refractivity contribution in [2.75, 3.05) is 17.2 Å². The van der Waals surface area contributed by atoms with Crippen LogP contribution in [0.2, 0.25) is 0 Å². The number of ether oxygens (including phenoxy) is 1. The minimum absolute atomic E-state index is 0.0860. The Morgan fingerprint density at radius 3 is 2.17 bits per heavy atom. The fourth-order valence-corrected chi connectivity index (χ4v) is 4.56. The van der Waals surface area contributed by atoms with Gasteiger partial charge in [-0.15, -0.1) is 11.8 Å². The number of nitrogens with one attached hydrogen (secondary N) is 3. The summed E-state index contributed by atoms with van der Waals surface area (Å²) in [5.74, 6) is -0.291. The molecule has 0 aliphatic carbocycles. The number of benzene rings is 3. The Morgan fingerprint density at radius 2 is 1.51 bits per heavy atom. The second-order valence-electron chi connectivity index (χ2n) is 8.84. The highest BCUT2D eigenvalue weighted by Crippen LogP contribution is 2.26. The van der Waals surface area contributed by atoms with Gasteiger partial charge in [-0.05, 0) is 86.2 Å². The number of hydrogen-bond donors (Lipinski definition) is 3. The Kier molecular flexibility index (Phi) is 10.3. The SMILES string of the molecule is CCOc1ccc(/C=C(\NC(=O)c2ccccc2)C(=O)Nc2ccc(SC(C)C(=O)Nc3ccncc3)cc2)cc1. The third-order valence-electron chi connectivity index (χ3n) is 5.77. The molecule has 4 aromatic rings. The quantitative estimate of drug-likeness (QED) is 0.152. The smallest absolute Gasteiger partial charge is 0.272 e. The third kappa shape index (κ3) is 8.81. The lowest BCUT2D eigenvalue weighted by molar-refractivity contribution is -0.115. The molecule has 0 aliphatic rings. The van der Waals surface area contributed by atoms with Crippen molar-refractivity contribution >= 4 is 46.9 Å². The van der Waals surface area contributed by atoms with Crippen molar-refractivity contribution in [1.29, 1.82) is 0 Å². The minimum Gasteiger partial charge on any atom is -0.494 e. The molecule has 3 aromatic carbocycles. The molecule has 4 rings (SSSR count). The normalized spacial score (nSPS) is 11.7. The maximum Gasteiger partial charge on any atom is 0.272 e. The van der Waals surface area contributed by atoms with E-state index < -0.39 is 11.8 Å². The number of rotatable bonds is 11. The summed E-state index contributed by atoms with van der Waals surface area (Å²) in [4.78, 5) is 43.5. The summed E-state index contributed by atoms with van der Waals surface area (Å²) in [6.45, 7) is 4.28. The number of nitrogens with zero attached hydrogens (tertiary/aromatic N) is 1. The van der Waals surface area contributed by atoms with Gasteiger partial charge in [-0.2, -0.15) is 0 Å². The van der Waals surface area contributed by atoms with Gasteiger partial charge in [-0.25, -0.2) is 0 Å². The van der Waals surface area contributed by atoms with Crippen LogP contribution in [-0.2, 0) is 9.59 Å². The van der Waals surface area contributed by atoms with Crippen molar-refractivity contribution < 1.29 is 19.1 Å². The van der Waals surface area contributed by atoms with Crippen molar-refractivity contribution in [3.63, 3.8) is 0 Å². The molecule has 0 fully saturated rings. The summed E-state index contributed by atoms with van der Waals surface area (Å²) in [5.41, 5.74) is 2.46. The Bertz CT molecular complexity index is 1490. The maximum atomic E-state index is 13.3. The van der Waals surface area contributed by atoms with Gasteiger partial charge in [0.1, 0.15) is 11.4 Å². The van der Waals surface area contributed by atoms with E-state index >= 15 is 0 Å². The zero-order chi connectivity index (χ0) is 29.0. The number of carbonyl (C=O) groups is 3. The molecule has 1 heterocycles. The summed E-state index contributed by atoms with van der Waals surface area (Å²) in [7, 11) is 0. The van der Waals surface area contributed by atoms with Crippen LogP contribution in [-0.4, -0.2) is 34.6 Å². The molecular formula is C32H30N4O4S. The van der Waals surface area contributed by atoms with Gasteiger partial charge >= 0.3 is 0 Å². The summed E-state index contributed by atoms with van der Waals surface area (Å²) in [5, 5.41) is 8.10. The molecule has 1 unspecified atom stereocenters. The van der Waals surface area contributed by atoms with Gasteiger partial charge in [0.15, 0.2) is 0 Å². The van der Waals surface area contributed by atoms with E-state index in [1.54, 1.807) is 79.1 Å². The molecule has 9 heteroatoms. The van der Waals surface area contributed by atoms with Gasteiger partial charge in [-0.1, -0.05) is 30.3 Å². The predicted octanol–water partition coefficient (Wildman–Crippen LogP) is 6.01. The first-order valence-corrected chi connectivity index (χ1v) is 13.9. The highest BCUT2D eigenvalue weighted by Gasteiger charge is 2.17. The lowest BCUT2D eigenvalue weighted by Crippen LogP contribution is -2.30. The van der Waals surface area contributed by atoms with Crippen LogP contribution in [0.25, 0.3) is 6.08 Å². The Balaban J connectivity index is 1.44. The number of hydrogen-bond acceptors (Lipinski definition) is 6. The zero-order valence-corrected chi connectivity index (χ0v) is 23.5. The molecule has 8 nitrogen and oxygen atoms in total. The van der Waals surface area contributed by atoms with E-state index in [9.17, 15) is 14.4 Å². The summed E-state index contributed by atoms with van der Waals surface area (Å²) in [6, 6.07) is 26.5. The van der Waals surface area contributed by atoms with E-state index in [1.807, 2.05) is 44.2 Å². The van der Waals surface area contributed by atoms with Crippen LogP contribution < -0.4 is 20.7 Å². The lowest BCUT2D eigenvalue weighted by atomic mass is 10.1. The molecular weight excluding hydrogens is 536 g/mol. The van der Waals surface area contributed by atoms with Gasteiger partial charge in [0.25, 0.3) is 11.8 Å². The van der Waals surface area contributed by atoms with Crippen LogP contribution in [0.3, 0.4) is 0 Å². The molecule has 0 spiro atoms. The van der Waals surface area contributed by atoms with Gasteiger partial charge in [0.05, 0.1) is 11.9 Å². The molecule has 41 heavy (non-hydrogen) atoms. The minimum atomic E-state index is -0.478. The Labute approximate surface area is 243 Å². The molecule has 3 amide bonds. The average Bonchev–Trinajstić information content (AvgIpc) is 2.99. The number of thioether (sulfide) groups is 1. The van der Waals surface area contributed by atoms with Crippen LogP contribution in [0, 0.1) is 0 Å². The summed E-state index contributed by atoms with van der Waals surface area (Å²) >= 11 is 1.40. The number of aromatic nitrogens is 1. The van der Waals surface area contributed by atoms with E-state index in [0.717, 1.165) is 10.5 Å². The van der Waals surface area contributed by atoms with Crippen molar-refractivity contribution in [3.8, 4) is 5.75 Å². The first-order valence-electron chi connectivity index (χ1n) is 13.0. The summed E-state index contributed by atoms with van der Waals surface area (Å²) < 4.78 is 5.49. The van der Waals surface area contributed by atoms with Gasteiger partial charge in [0, 0.05) is 34.2 Å². The molecule has 208 valence electrons. The third-order valence-corrected chi connectivity index (χ3v) is 6.89. The van der Waals surface area contributed by atoms with Crippen LogP contribution in [0.4, 0.5) is 11.4 Å². The molecule has 0 saturated carbocycles.